The van der Waals surface area contributed by atoms with E-state index in [0.29, 0.717) is 43.8 Å². The average molecular weight is 336 g/mol. The maximum absolute atomic E-state index is 12.6. The van der Waals surface area contributed by atoms with Gasteiger partial charge in [-0.25, -0.2) is 4.98 Å². The number of rotatable bonds is 2. The second-order valence-electron chi connectivity index (χ2n) is 4.84. The normalized spacial score (nSPS) is 10.9. The summed E-state index contributed by atoms with van der Waals surface area (Å²) in [4.78, 5) is 16.8. The van der Waals surface area contributed by atoms with Gasteiger partial charge in [0.05, 0.1) is 27.4 Å². The van der Waals surface area contributed by atoms with Crippen LogP contribution >= 0.6 is 23.2 Å². The molecule has 2 aromatic heterocycles. The van der Waals surface area contributed by atoms with Crippen LogP contribution in [0.4, 0.5) is 5.69 Å². The van der Waals surface area contributed by atoms with Crippen molar-refractivity contribution in [2.24, 2.45) is 0 Å². The van der Waals surface area contributed by atoms with Crippen molar-refractivity contribution in [2.75, 3.05) is 5.32 Å². The Kier molecular flexibility index (Phi) is 3.76. The number of aryl methyl sites for hydroxylation is 2. The molecule has 22 heavy (non-hydrogen) atoms. The van der Waals surface area contributed by atoms with E-state index >= 15 is 0 Å². The highest BCUT2D eigenvalue weighted by Gasteiger charge is 2.18. The minimum atomic E-state index is -0.328. The van der Waals surface area contributed by atoms with E-state index in [1.165, 1.54) is 0 Å². The van der Waals surface area contributed by atoms with E-state index in [-0.39, 0.29) is 5.91 Å². The number of fused-ring (bicyclic) bond motifs is 1. The van der Waals surface area contributed by atoms with Crippen LogP contribution in [0.15, 0.2) is 28.8 Å². The van der Waals surface area contributed by atoms with Gasteiger partial charge in [-0.2, -0.15) is 0 Å². The van der Waals surface area contributed by atoms with E-state index in [2.05, 4.69) is 15.5 Å². The van der Waals surface area contributed by atoms with Crippen molar-refractivity contribution < 1.29 is 9.32 Å². The minimum absolute atomic E-state index is 0.328. The maximum atomic E-state index is 12.6. The standard InChI is InChI=1S/C15H11Cl2N3O2/c1-7-5-10(13-8(2)20-22-15(13)18-7)14(21)19-12-6-9(16)3-4-11(12)17/h3-6H,1-2H3,(H,19,21). The molecular weight excluding hydrogens is 325 g/mol. The van der Waals surface area contributed by atoms with Crippen molar-refractivity contribution >= 4 is 45.9 Å². The third-order valence-electron chi connectivity index (χ3n) is 3.17. The van der Waals surface area contributed by atoms with Crippen molar-refractivity contribution in [3.8, 4) is 0 Å². The Morgan fingerprint density at radius 3 is 2.77 bits per heavy atom. The molecule has 1 aromatic carbocycles. The molecule has 0 aliphatic rings. The van der Waals surface area contributed by atoms with Gasteiger partial charge in [0, 0.05) is 10.7 Å². The Hall–Kier alpha value is -2.11. The summed E-state index contributed by atoms with van der Waals surface area (Å²) < 4.78 is 5.13. The number of hydrogen-bond acceptors (Lipinski definition) is 4. The number of pyridine rings is 1. The molecule has 0 fully saturated rings. The Balaban J connectivity index is 2.05. The number of anilines is 1. The van der Waals surface area contributed by atoms with Crippen molar-refractivity contribution in [3.63, 3.8) is 0 Å². The number of aromatic nitrogens is 2. The number of benzene rings is 1. The van der Waals surface area contributed by atoms with Gasteiger partial charge in [-0.15, -0.1) is 0 Å². The lowest BCUT2D eigenvalue weighted by Crippen LogP contribution is -2.13. The molecule has 0 saturated heterocycles. The summed E-state index contributed by atoms with van der Waals surface area (Å²) in [5.41, 5.74) is 2.46. The van der Waals surface area contributed by atoms with Gasteiger partial charge < -0.3 is 9.84 Å². The van der Waals surface area contributed by atoms with E-state index in [1.807, 2.05) is 0 Å². The van der Waals surface area contributed by atoms with Gasteiger partial charge >= 0.3 is 0 Å². The molecule has 0 aliphatic carbocycles. The molecule has 0 radical (unpaired) electrons. The first kappa shape index (κ1) is 14.8. The van der Waals surface area contributed by atoms with Gasteiger partial charge in [-0.3, -0.25) is 4.79 Å². The van der Waals surface area contributed by atoms with Crippen molar-refractivity contribution in [1.82, 2.24) is 10.1 Å². The molecule has 0 unspecified atom stereocenters. The molecular formula is C15H11Cl2N3O2. The van der Waals surface area contributed by atoms with Crippen LogP contribution < -0.4 is 5.32 Å². The van der Waals surface area contributed by atoms with Crippen LogP contribution in [0.1, 0.15) is 21.7 Å². The predicted molar refractivity (Wildman–Crippen MR) is 85.7 cm³/mol. The molecule has 3 rings (SSSR count). The highest BCUT2D eigenvalue weighted by Crippen LogP contribution is 2.27. The zero-order valence-electron chi connectivity index (χ0n) is 11.8. The van der Waals surface area contributed by atoms with Gasteiger partial charge in [0.15, 0.2) is 0 Å². The van der Waals surface area contributed by atoms with Crippen LogP contribution in [-0.4, -0.2) is 16.0 Å². The van der Waals surface area contributed by atoms with Gasteiger partial charge in [0.2, 0.25) is 0 Å². The smallest absolute Gasteiger partial charge is 0.258 e. The number of carbonyl (C=O) groups is 1. The maximum Gasteiger partial charge on any atom is 0.258 e. The number of nitrogens with zero attached hydrogens (tertiary/aromatic N) is 2. The monoisotopic (exact) mass is 335 g/mol. The van der Waals surface area contributed by atoms with Crippen LogP contribution in [0.5, 0.6) is 0 Å². The van der Waals surface area contributed by atoms with E-state index in [0.717, 1.165) is 0 Å². The molecule has 1 N–H and O–H groups in total. The van der Waals surface area contributed by atoms with E-state index in [4.69, 9.17) is 27.7 Å². The fourth-order valence-electron chi connectivity index (χ4n) is 2.18. The first-order valence-corrected chi connectivity index (χ1v) is 7.21. The lowest BCUT2D eigenvalue weighted by molar-refractivity contribution is 0.102. The van der Waals surface area contributed by atoms with Crippen LogP contribution in [-0.2, 0) is 0 Å². The van der Waals surface area contributed by atoms with E-state index < -0.39 is 0 Å². The van der Waals surface area contributed by atoms with Crippen molar-refractivity contribution in [2.45, 2.75) is 13.8 Å². The lowest BCUT2D eigenvalue weighted by atomic mass is 10.1. The fourth-order valence-corrected chi connectivity index (χ4v) is 2.52. The largest absolute Gasteiger partial charge is 0.336 e. The first-order chi connectivity index (χ1) is 10.5. The fraction of sp³-hybridized carbons (Fsp3) is 0.133. The topological polar surface area (TPSA) is 68.0 Å². The second-order valence-corrected chi connectivity index (χ2v) is 5.68. The third-order valence-corrected chi connectivity index (χ3v) is 3.73. The quantitative estimate of drug-likeness (QED) is 0.753. The molecule has 0 bridgehead atoms. The molecule has 0 aliphatic heterocycles. The summed E-state index contributed by atoms with van der Waals surface area (Å²) in [5, 5.41) is 8.08. The molecule has 112 valence electrons. The summed E-state index contributed by atoms with van der Waals surface area (Å²) in [7, 11) is 0. The average Bonchev–Trinajstić information content (AvgIpc) is 2.83. The number of nitrogens with one attached hydrogen (secondary N) is 1. The lowest BCUT2D eigenvalue weighted by Gasteiger charge is -2.09. The Morgan fingerprint density at radius 1 is 1.23 bits per heavy atom. The van der Waals surface area contributed by atoms with Crippen LogP contribution in [0.2, 0.25) is 10.0 Å². The Bertz CT molecular complexity index is 890. The van der Waals surface area contributed by atoms with E-state index in [1.54, 1.807) is 38.1 Å². The molecule has 7 heteroatoms. The van der Waals surface area contributed by atoms with Gasteiger partial charge in [-0.1, -0.05) is 28.4 Å². The highest BCUT2D eigenvalue weighted by molar-refractivity contribution is 6.36. The number of hydrogen-bond donors (Lipinski definition) is 1. The third kappa shape index (κ3) is 2.65. The van der Waals surface area contributed by atoms with Crippen molar-refractivity contribution in [3.05, 3.63) is 51.3 Å². The molecule has 5 nitrogen and oxygen atoms in total. The van der Waals surface area contributed by atoms with Gasteiger partial charge in [0.1, 0.15) is 0 Å². The summed E-state index contributed by atoms with van der Waals surface area (Å²) in [6, 6.07) is 6.55. The zero-order valence-corrected chi connectivity index (χ0v) is 13.3. The highest BCUT2D eigenvalue weighted by atomic mass is 35.5. The zero-order chi connectivity index (χ0) is 15.9. The molecule has 2 heterocycles. The molecule has 1 amide bonds. The second kappa shape index (κ2) is 5.59. The molecule has 0 saturated carbocycles. The summed E-state index contributed by atoms with van der Waals surface area (Å²) in [5.74, 6) is -0.328. The van der Waals surface area contributed by atoms with Crippen molar-refractivity contribution in [1.29, 1.82) is 0 Å². The number of carbonyl (C=O) groups excluding carboxylic acids is 1. The predicted octanol–water partition coefficient (Wildman–Crippen LogP) is 4.40. The number of amides is 1. The summed E-state index contributed by atoms with van der Waals surface area (Å²) >= 11 is 12.0. The van der Waals surface area contributed by atoms with Gasteiger partial charge in [0.25, 0.3) is 11.6 Å². The number of halogens is 2. The molecule has 3 aromatic rings. The van der Waals surface area contributed by atoms with Crippen LogP contribution in [0.25, 0.3) is 11.1 Å². The van der Waals surface area contributed by atoms with Gasteiger partial charge in [-0.05, 0) is 38.1 Å². The molecule has 0 spiro atoms. The van der Waals surface area contributed by atoms with Crippen LogP contribution in [0.3, 0.4) is 0 Å². The summed E-state index contributed by atoms with van der Waals surface area (Å²) in [6.45, 7) is 3.53. The van der Waals surface area contributed by atoms with Crippen LogP contribution in [0, 0.1) is 13.8 Å². The summed E-state index contributed by atoms with van der Waals surface area (Å²) in [6.07, 6.45) is 0. The minimum Gasteiger partial charge on any atom is -0.336 e. The van der Waals surface area contributed by atoms with E-state index in [9.17, 15) is 4.79 Å². The first-order valence-electron chi connectivity index (χ1n) is 6.45. The Morgan fingerprint density at radius 2 is 2.00 bits per heavy atom. The molecule has 0 atom stereocenters. The SMILES string of the molecule is Cc1cc(C(=O)Nc2cc(Cl)ccc2Cl)c2c(C)noc2n1. The Labute approximate surface area is 136 Å².